The van der Waals surface area contributed by atoms with Crippen molar-refractivity contribution < 1.29 is 17.9 Å². The lowest BCUT2D eigenvalue weighted by Crippen LogP contribution is -2.30. The topological polar surface area (TPSA) is 79.0 Å². The number of nitrogens with one attached hydrogen (secondary N) is 1. The highest BCUT2D eigenvalue weighted by Crippen LogP contribution is 2.22. The lowest BCUT2D eigenvalue weighted by Gasteiger charge is -2.17. The maximum atomic E-state index is 12.6. The summed E-state index contributed by atoms with van der Waals surface area (Å²) in [5.74, 6) is 0.620. The van der Waals surface area contributed by atoms with Crippen molar-refractivity contribution in [1.82, 2.24) is 9.21 Å². The van der Waals surface area contributed by atoms with Crippen molar-refractivity contribution in [1.29, 1.82) is 0 Å². The predicted molar refractivity (Wildman–Crippen MR) is 112 cm³/mol. The molecule has 0 atom stereocenters. The summed E-state index contributed by atoms with van der Waals surface area (Å²) < 4.78 is 31.8. The molecular formula is C21H27N3O4S. The van der Waals surface area contributed by atoms with E-state index in [4.69, 9.17) is 4.74 Å². The van der Waals surface area contributed by atoms with E-state index in [1.54, 1.807) is 31.4 Å². The van der Waals surface area contributed by atoms with E-state index in [0.717, 1.165) is 24.2 Å². The number of carbonyl (C=O) groups is 1. The molecule has 0 bridgehead atoms. The minimum atomic E-state index is -3.44. The average molecular weight is 418 g/mol. The van der Waals surface area contributed by atoms with Crippen molar-refractivity contribution >= 4 is 21.6 Å². The van der Waals surface area contributed by atoms with Gasteiger partial charge in [-0.2, -0.15) is 4.31 Å². The molecule has 1 fully saturated rings. The smallest absolute Gasteiger partial charge is 0.243 e. The number of ether oxygens (including phenoxy) is 1. The summed E-state index contributed by atoms with van der Waals surface area (Å²) in [7, 11) is 0.0476. The molecule has 2 aromatic rings. The summed E-state index contributed by atoms with van der Waals surface area (Å²) in [6, 6.07) is 14.1. The Morgan fingerprint density at radius 1 is 1.14 bits per heavy atom. The van der Waals surface area contributed by atoms with Gasteiger partial charge >= 0.3 is 0 Å². The number of nitrogens with zero attached hydrogens (tertiary/aromatic N) is 2. The van der Waals surface area contributed by atoms with Gasteiger partial charge in [0.25, 0.3) is 0 Å². The van der Waals surface area contributed by atoms with Crippen LogP contribution in [0, 0.1) is 0 Å². The zero-order valence-corrected chi connectivity index (χ0v) is 17.6. The molecule has 29 heavy (non-hydrogen) atoms. The summed E-state index contributed by atoms with van der Waals surface area (Å²) in [6.45, 7) is 1.96. The molecule has 1 heterocycles. The molecule has 0 radical (unpaired) electrons. The number of hydrogen-bond donors (Lipinski definition) is 1. The SMILES string of the molecule is COc1cccc(CN(C)CC(=O)Nc2ccc(S(=O)(=O)N3CCCC3)cc2)c1. The van der Waals surface area contributed by atoms with Crippen molar-refractivity contribution in [2.24, 2.45) is 0 Å². The number of methoxy groups -OCH3 is 1. The maximum Gasteiger partial charge on any atom is 0.243 e. The zero-order valence-electron chi connectivity index (χ0n) is 16.8. The van der Waals surface area contributed by atoms with Crippen LogP contribution in [0.2, 0.25) is 0 Å². The molecule has 3 rings (SSSR count). The molecule has 1 amide bonds. The van der Waals surface area contributed by atoms with Gasteiger partial charge < -0.3 is 10.1 Å². The quantitative estimate of drug-likeness (QED) is 0.714. The van der Waals surface area contributed by atoms with E-state index < -0.39 is 10.0 Å². The lowest BCUT2D eigenvalue weighted by atomic mass is 10.2. The third-order valence-electron chi connectivity index (χ3n) is 4.84. The van der Waals surface area contributed by atoms with Gasteiger partial charge in [0.2, 0.25) is 15.9 Å². The fraction of sp³-hybridized carbons (Fsp3) is 0.381. The molecule has 0 aliphatic carbocycles. The third-order valence-corrected chi connectivity index (χ3v) is 6.75. The van der Waals surface area contributed by atoms with Crippen LogP contribution >= 0.6 is 0 Å². The molecule has 1 N–H and O–H groups in total. The fourth-order valence-corrected chi connectivity index (χ4v) is 4.89. The van der Waals surface area contributed by atoms with Crippen LogP contribution in [-0.2, 0) is 21.4 Å². The van der Waals surface area contributed by atoms with Gasteiger partial charge in [0.05, 0.1) is 18.6 Å². The number of rotatable bonds is 8. The maximum absolute atomic E-state index is 12.6. The third kappa shape index (κ3) is 5.56. The number of amides is 1. The Kier molecular flexibility index (Phi) is 6.89. The first-order chi connectivity index (χ1) is 13.9. The van der Waals surface area contributed by atoms with Crippen LogP contribution in [-0.4, -0.2) is 57.3 Å². The summed E-state index contributed by atoms with van der Waals surface area (Å²) in [5.41, 5.74) is 1.63. The summed E-state index contributed by atoms with van der Waals surface area (Å²) in [5, 5.41) is 2.82. The van der Waals surface area contributed by atoms with Crippen molar-refractivity contribution in [2.45, 2.75) is 24.3 Å². The van der Waals surface area contributed by atoms with Gasteiger partial charge in [-0.3, -0.25) is 9.69 Å². The van der Waals surface area contributed by atoms with Crippen LogP contribution in [0.4, 0.5) is 5.69 Å². The first-order valence-electron chi connectivity index (χ1n) is 9.60. The minimum Gasteiger partial charge on any atom is -0.497 e. The van der Waals surface area contributed by atoms with Gasteiger partial charge in [0.1, 0.15) is 5.75 Å². The van der Waals surface area contributed by atoms with Gasteiger partial charge in [-0.25, -0.2) is 8.42 Å². The molecule has 1 aliphatic rings. The second-order valence-electron chi connectivity index (χ2n) is 7.21. The van der Waals surface area contributed by atoms with Crippen molar-refractivity contribution in [3.8, 4) is 5.75 Å². The van der Waals surface area contributed by atoms with E-state index in [9.17, 15) is 13.2 Å². The van der Waals surface area contributed by atoms with Crippen molar-refractivity contribution in [2.75, 3.05) is 39.1 Å². The first-order valence-corrected chi connectivity index (χ1v) is 11.0. The summed E-state index contributed by atoms with van der Waals surface area (Å²) in [6.07, 6.45) is 1.80. The van der Waals surface area contributed by atoms with Crippen LogP contribution in [0.15, 0.2) is 53.4 Å². The van der Waals surface area contributed by atoms with Crippen LogP contribution in [0.3, 0.4) is 0 Å². The Balaban J connectivity index is 1.55. The Morgan fingerprint density at radius 3 is 2.48 bits per heavy atom. The molecule has 2 aromatic carbocycles. The molecular weight excluding hydrogens is 390 g/mol. The first kappa shape index (κ1) is 21.3. The summed E-state index contributed by atoms with van der Waals surface area (Å²) >= 11 is 0. The molecule has 1 saturated heterocycles. The highest BCUT2D eigenvalue weighted by molar-refractivity contribution is 7.89. The van der Waals surface area contributed by atoms with Gasteiger partial charge in [-0.15, -0.1) is 0 Å². The van der Waals surface area contributed by atoms with Crippen LogP contribution in [0.5, 0.6) is 5.75 Å². The van der Waals surface area contributed by atoms with E-state index in [2.05, 4.69) is 5.32 Å². The number of hydrogen-bond acceptors (Lipinski definition) is 5. The fourth-order valence-electron chi connectivity index (χ4n) is 3.37. The van der Waals surface area contributed by atoms with E-state index in [-0.39, 0.29) is 17.3 Å². The number of anilines is 1. The summed E-state index contributed by atoms with van der Waals surface area (Å²) in [4.78, 5) is 14.5. The van der Waals surface area contributed by atoms with E-state index in [0.29, 0.717) is 25.3 Å². The number of benzene rings is 2. The van der Waals surface area contributed by atoms with Gasteiger partial charge in [0.15, 0.2) is 0 Å². The van der Waals surface area contributed by atoms with Crippen LogP contribution in [0.1, 0.15) is 18.4 Å². The number of likely N-dealkylation sites (N-methyl/N-ethyl adjacent to an activating group) is 1. The standard InChI is InChI=1S/C21H27N3O4S/c1-23(15-17-6-5-7-19(14-17)28-2)16-21(25)22-18-8-10-20(11-9-18)29(26,27)24-12-3-4-13-24/h5-11,14H,3-4,12-13,15-16H2,1-2H3,(H,22,25). The highest BCUT2D eigenvalue weighted by atomic mass is 32.2. The number of carbonyl (C=O) groups excluding carboxylic acids is 1. The van der Waals surface area contributed by atoms with Gasteiger partial charge in [-0.1, -0.05) is 12.1 Å². The van der Waals surface area contributed by atoms with Gasteiger partial charge in [0, 0.05) is 25.3 Å². The molecule has 0 saturated carbocycles. The second kappa shape index (κ2) is 9.39. The Morgan fingerprint density at radius 2 is 1.83 bits per heavy atom. The molecule has 1 aliphatic heterocycles. The Labute approximate surface area is 172 Å². The second-order valence-corrected chi connectivity index (χ2v) is 9.15. The molecule has 0 spiro atoms. The molecule has 7 nitrogen and oxygen atoms in total. The van der Waals surface area contributed by atoms with Crippen LogP contribution in [0.25, 0.3) is 0 Å². The van der Waals surface area contributed by atoms with E-state index in [1.165, 1.54) is 4.31 Å². The molecule has 0 aromatic heterocycles. The minimum absolute atomic E-state index is 0.162. The highest BCUT2D eigenvalue weighted by Gasteiger charge is 2.26. The zero-order chi connectivity index (χ0) is 20.9. The molecule has 156 valence electrons. The lowest BCUT2D eigenvalue weighted by molar-refractivity contribution is -0.117. The predicted octanol–water partition coefficient (Wildman–Crippen LogP) is 2.55. The number of sulfonamides is 1. The largest absolute Gasteiger partial charge is 0.497 e. The van der Waals surface area contributed by atoms with Crippen LogP contribution < -0.4 is 10.1 Å². The molecule has 8 heteroatoms. The van der Waals surface area contributed by atoms with Gasteiger partial charge in [-0.05, 0) is 61.9 Å². The normalized spacial score (nSPS) is 14.9. The molecule has 0 unspecified atom stereocenters. The van der Waals surface area contributed by atoms with E-state index >= 15 is 0 Å². The van der Waals surface area contributed by atoms with E-state index in [1.807, 2.05) is 36.2 Å². The van der Waals surface area contributed by atoms with Crippen molar-refractivity contribution in [3.63, 3.8) is 0 Å². The van der Waals surface area contributed by atoms with Crippen molar-refractivity contribution in [3.05, 3.63) is 54.1 Å². The Bertz CT molecular complexity index is 939. The Hall–Kier alpha value is -2.42. The average Bonchev–Trinajstić information content (AvgIpc) is 3.24. The monoisotopic (exact) mass is 417 g/mol.